The molecule has 1 N–H and O–H groups in total. The zero-order chi connectivity index (χ0) is 19.9. The molecule has 1 aliphatic carbocycles. The van der Waals surface area contributed by atoms with Gasteiger partial charge in [-0.15, -0.1) is 0 Å². The molecule has 0 radical (unpaired) electrons. The Morgan fingerprint density at radius 2 is 1.89 bits per heavy atom. The van der Waals surface area contributed by atoms with Gasteiger partial charge in [-0.3, -0.25) is 9.59 Å². The molecule has 0 spiro atoms. The van der Waals surface area contributed by atoms with Gasteiger partial charge in [-0.25, -0.2) is 0 Å². The Morgan fingerprint density at radius 3 is 2.50 bits per heavy atom. The molecule has 142 valence electrons. The van der Waals surface area contributed by atoms with Crippen molar-refractivity contribution < 1.29 is 4.79 Å². The number of para-hydroxylation sites is 1. The summed E-state index contributed by atoms with van der Waals surface area (Å²) >= 11 is 0. The highest BCUT2D eigenvalue weighted by molar-refractivity contribution is 5.95. The second kappa shape index (κ2) is 6.69. The maximum atomic E-state index is 12.7. The molecule has 1 saturated carbocycles. The third-order valence-electron chi connectivity index (χ3n) is 5.93. The van der Waals surface area contributed by atoms with Gasteiger partial charge in [-0.05, 0) is 31.7 Å². The third kappa shape index (κ3) is 2.80. The van der Waals surface area contributed by atoms with Crippen LogP contribution in [0.1, 0.15) is 31.2 Å². The number of fused-ring (bicyclic) bond motifs is 1. The largest absolute Gasteiger partial charge is 0.370 e. The lowest BCUT2D eigenvalue weighted by Crippen LogP contribution is -2.47. The van der Waals surface area contributed by atoms with Crippen LogP contribution in [0.2, 0.25) is 0 Å². The number of hydrogen-bond donors (Lipinski definition) is 1. The van der Waals surface area contributed by atoms with Gasteiger partial charge in [0.15, 0.2) is 0 Å². The summed E-state index contributed by atoms with van der Waals surface area (Å²) in [6.07, 6.45) is 2.70. The van der Waals surface area contributed by atoms with Gasteiger partial charge in [0.1, 0.15) is 17.0 Å². The molecule has 7 heteroatoms. The molecule has 7 nitrogen and oxygen atoms in total. The van der Waals surface area contributed by atoms with Crippen LogP contribution >= 0.6 is 0 Å². The van der Waals surface area contributed by atoms with Gasteiger partial charge in [0.25, 0.3) is 5.56 Å². The van der Waals surface area contributed by atoms with Crippen LogP contribution in [-0.2, 0) is 11.8 Å². The predicted octanol–water partition coefficient (Wildman–Crippen LogP) is 1.80. The number of nitriles is 2. The number of amides is 1. The summed E-state index contributed by atoms with van der Waals surface area (Å²) in [5.74, 6) is -0.162. The number of nitrogens with zero attached hydrogens (tertiary/aromatic N) is 4. The van der Waals surface area contributed by atoms with Gasteiger partial charge in [-0.2, -0.15) is 10.5 Å². The molecule has 2 aliphatic rings. The summed E-state index contributed by atoms with van der Waals surface area (Å²) in [6, 6.07) is 11.8. The molecule has 2 heterocycles. The Balaban J connectivity index is 1.59. The molecule has 1 aliphatic heterocycles. The van der Waals surface area contributed by atoms with Crippen LogP contribution in [0.3, 0.4) is 0 Å². The first-order valence-electron chi connectivity index (χ1n) is 9.50. The molecule has 0 unspecified atom stereocenters. The van der Waals surface area contributed by atoms with E-state index >= 15 is 0 Å². The number of carbonyl (C=O) groups is 1. The first-order chi connectivity index (χ1) is 13.5. The smallest absolute Gasteiger partial charge is 0.270 e. The van der Waals surface area contributed by atoms with E-state index in [0.717, 1.165) is 10.9 Å². The molecule has 2 aromatic rings. The summed E-state index contributed by atoms with van der Waals surface area (Å²) < 4.78 is 1.52. The lowest BCUT2D eigenvalue weighted by Gasteiger charge is -2.35. The van der Waals surface area contributed by atoms with Crippen LogP contribution in [0.25, 0.3) is 10.9 Å². The summed E-state index contributed by atoms with van der Waals surface area (Å²) in [7, 11) is 1.68. The average Bonchev–Trinajstić information content (AvgIpc) is 3.53. The van der Waals surface area contributed by atoms with Crippen molar-refractivity contribution in [1.29, 1.82) is 10.5 Å². The van der Waals surface area contributed by atoms with Crippen molar-refractivity contribution in [2.24, 2.45) is 12.5 Å². The maximum Gasteiger partial charge on any atom is 0.270 e. The number of pyridine rings is 1. The van der Waals surface area contributed by atoms with Crippen molar-refractivity contribution in [2.45, 2.75) is 31.7 Å². The SMILES string of the molecule is Cn1c(=O)c(C#N)c(N2CCC(NC(=O)C3(C#N)CC3)CC2)c2ccccc21. The first-order valence-corrected chi connectivity index (χ1v) is 9.50. The van der Waals surface area contributed by atoms with Crippen molar-refractivity contribution in [1.82, 2.24) is 9.88 Å². The fraction of sp³-hybridized carbons (Fsp3) is 0.429. The van der Waals surface area contributed by atoms with Gasteiger partial charge < -0.3 is 14.8 Å². The number of hydrogen-bond acceptors (Lipinski definition) is 5. The molecule has 0 bridgehead atoms. The standard InChI is InChI=1S/C21H21N5O2/c1-25-17-5-3-2-4-15(17)18(16(12-22)19(25)27)26-10-6-14(7-11-26)24-20(28)21(13-23)8-9-21/h2-5,14H,6-11H2,1H3,(H,24,28). The number of benzene rings is 1. The Morgan fingerprint density at radius 1 is 1.21 bits per heavy atom. The van der Waals surface area contributed by atoms with Crippen molar-refractivity contribution in [2.75, 3.05) is 18.0 Å². The summed E-state index contributed by atoms with van der Waals surface area (Å²) in [6.45, 7) is 1.27. The van der Waals surface area contributed by atoms with Crippen molar-refractivity contribution >= 4 is 22.5 Å². The number of carbonyl (C=O) groups excluding carboxylic acids is 1. The summed E-state index contributed by atoms with van der Waals surface area (Å²) in [5.41, 5.74) is 0.525. The van der Waals surface area contributed by atoms with Crippen LogP contribution in [0.4, 0.5) is 5.69 Å². The van der Waals surface area contributed by atoms with Gasteiger partial charge in [0, 0.05) is 31.6 Å². The van der Waals surface area contributed by atoms with E-state index in [0.29, 0.717) is 44.5 Å². The van der Waals surface area contributed by atoms with Crippen LogP contribution in [0.15, 0.2) is 29.1 Å². The topological polar surface area (TPSA) is 102 Å². The minimum atomic E-state index is -0.813. The zero-order valence-electron chi connectivity index (χ0n) is 15.7. The minimum absolute atomic E-state index is 0.0120. The predicted molar refractivity (Wildman–Crippen MR) is 105 cm³/mol. The van der Waals surface area contributed by atoms with Gasteiger partial charge >= 0.3 is 0 Å². The fourth-order valence-electron chi connectivity index (χ4n) is 3.99. The third-order valence-corrected chi connectivity index (χ3v) is 5.93. The van der Waals surface area contributed by atoms with Crippen LogP contribution in [0, 0.1) is 28.1 Å². The lowest BCUT2D eigenvalue weighted by molar-refractivity contribution is -0.125. The summed E-state index contributed by atoms with van der Waals surface area (Å²) in [4.78, 5) is 27.0. The molecule has 1 aromatic heterocycles. The lowest BCUT2D eigenvalue weighted by atomic mass is 10.00. The number of aryl methyl sites for hydroxylation is 1. The monoisotopic (exact) mass is 375 g/mol. The van der Waals surface area contributed by atoms with E-state index in [1.165, 1.54) is 4.57 Å². The summed E-state index contributed by atoms with van der Waals surface area (Å²) in [5, 5.41) is 22.7. The van der Waals surface area contributed by atoms with Crippen LogP contribution < -0.4 is 15.8 Å². The Hall–Kier alpha value is -3.32. The minimum Gasteiger partial charge on any atom is -0.370 e. The Bertz CT molecular complexity index is 1090. The van der Waals surface area contributed by atoms with E-state index in [1.54, 1.807) is 7.05 Å². The van der Waals surface area contributed by atoms with Gasteiger partial charge in [-0.1, -0.05) is 18.2 Å². The molecule has 4 rings (SSSR count). The van der Waals surface area contributed by atoms with E-state index in [1.807, 2.05) is 24.3 Å². The van der Waals surface area contributed by atoms with E-state index < -0.39 is 5.41 Å². The first kappa shape index (κ1) is 18.1. The highest BCUT2D eigenvalue weighted by Crippen LogP contribution is 2.45. The molecular formula is C21H21N5O2. The fourth-order valence-corrected chi connectivity index (χ4v) is 3.99. The van der Waals surface area contributed by atoms with E-state index in [4.69, 9.17) is 0 Å². The Kier molecular flexibility index (Phi) is 4.31. The highest BCUT2D eigenvalue weighted by atomic mass is 16.2. The second-order valence-corrected chi connectivity index (χ2v) is 7.65. The molecule has 2 fully saturated rings. The highest BCUT2D eigenvalue weighted by Gasteiger charge is 2.51. The van der Waals surface area contributed by atoms with Crippen LogP contribution in [-0.4, -0.2) is 29.6 Å². The molecule has 0 atom stereocenters. The number of piperidine rings is 1. The molecule has 1 amide bonds. The zero-order valence-corrected chi connectivity index (χ0v) is 15.7. The van der Waals surface area contributed by atoms with Gasteiger partial charge in [0.05, 0.1) is 17.3 Å². The second-order valence-electron chi connectivity index (χ2n) is 7.65. The normalized spacial score (nSPS) is 18.3. The molecule has 1 aromatic carbocycles. The van der Waals surface area contributed by atoms with E-state index in [2.05, 4.69) is 22.4 Å². The molecular weight excluding hydrogens is 354 g/mol. The van der Waals surface area contributed by atoms with Crippen molar-refractivity contribution in [3.63, 3.8) is 0 Å². The number of rotatable bonds is 3. The number of aromatic nitrogens is 1. The average molecular weight is 375 g/mol. The van der Waals surface area contributed by atoms with E-state index in [9.17, 15) is 20.1 Å². The van der Waals surface area contributed by atoms with Crippen molar-refractivity contribution in [3.05, 3.63) is 40.2 Å². The van der Waals surface area contributed by atoms with Gasteiger partial charge in [0.2, 0.25) is 5.91 Å². The molecule has 1 saturated heterocycles. The van der Waals surface area contributed by atoms with Crippen LogP contribution in [0.5, 0.6) is 0 Å². The Labute approximate surface area is 162 Å². The molecule has 28 heavy (non-hydrogen) atoms. The quantitative estimate of drug-likeness (QED) is 0.881. The maximum absolute atomic E-state index is 12.7. The van der Waals surface area contributed by atoms with Crippen molar-refractivity contribution in [3.8, 4) is 12.1 Å². The number of nitrogens with one attached hydrogen (secondary N) is 1. The number of anilines is 1. The van der Waals surface area contributed by atoms with E-state index in [-0.39, 0.29) is 23.1 Å².